The first kappa shape index (κ1) is 20.6. The SMILES string of the molecule is Fc1ccc(C#CCCC2(ON3CCCCC3)C=CC(C(F)(F)F)=CC2)cc1. The van der Waals surface area contributed by atoms with E-state index in [4.69, 9.17) is 4.84 Å². The minimum absolute atomic E-state index is 0.160. The van der Waals surface area contributed by atoms with E-state index < -0.39 is 17.4 Å². The molecular formula is C22H23F4NO. The van der Waals surface area contributed by atoms with Crippen LogP contribution in [0.1, 0.15) is 44.1 Å². The van der Waals surface area contributed by atoms with E-state index in [2.05, 4.69) is 11.8 Å². The maximum atomic E-state index is 13.0. The van der Waals surface area contributed by atoms with Crippen molar-refractivity contribution in [3.8, 4) is 11.8 Å². The van der Waals surface area contributed by atoms with Gasteiger partial charge in [-0.05, 0) is 49.6 Å². The largest absolute Gasteiger partial charge is 0.416 e. The lowest BCUT2D eigenvalue weighted by atomic mass is 9.87. The van der Waals surface area contributed by atoms with Crippen LogP contribution in [0, 0.1) is 17.7 Å². The van der Waals surface area contributed by atoms with Gasteiger partial charge in [-0.1, -0.05) is 30.4 Å². The third-order valence-electron chi connectivity index (χ3n) is 4.94. The first-order chi connectivity index (χ1) is 13.4. The van der Waals surface area contributed by atoms with Gasteiger partial charge in [-0.2, -0.15) is 18.2 Å². The highest BCUT2D eigenvalue weighted by Gasteiger charge is 2.38. The fraction of sp³-hybridized carbons (Fsp3) is 0.455. The average Bonchev–Trinajstić information content (AvgIpc) is 2.67. The number of nitrogens with zero attached hydrogens (tertiary/aromatic N) is 1. The van der Waals surface area contributed by atoms with Gasteiger partial charge < -0.3 is 0 Å². The monoisotopic (exact) mass is 393 g/mol. The van der Waals surface area contributed by atoms with Crippen LogP contribution < -0.4 is 0 Å². The number of benzene rings is 1. The minimum atomic E-state index is -4.35. The first-order valence-corrected chi connectivity index (χ1v) is 9.51. The quantitative estimate of drug-likeness (QED) is 0.490. The smallest absolute Gasteiger partial charge is 0.288 e. The summed E-state index contributed by atoms with van der Waals surface area (Å²) in [5.41, 5.74) is -0.752. The first-order valence-electron chi connectivity index (χ1n) is 9.51. The summed E-state index contributed by atoms with van der Waals surface area (Å²) >= 11 is 0. The van der Waals surface area contributed by atoms with E-state index in [0.717, 1.165) is 38.4 Å². The fourth-order valence-corrected chi connectivity index (χ4v) is 3.35. The number of hydrogen-bond acceptors (Lipinski definition) is 2. The van der Waals surface area contributed by atoms with E-state index in [1.807, 2.05) is 5.06 Å². The molecule has 1 unspecified atom stereocenters. The Morgan fingerprint density at radius 3 is 2.39 bits per heavy atom. The maximum Gasteiger partial charge on any atom is 0.416 e. The Bertz CT molecular complexity index is 779. The molecule has 1 aromatic carbocycles. The molecule has 1 saturated heterocycles. The molecule has 0 saturated carbocycles. The van der Waals surface area contributed by atoms with Gasteiger partial charge >= 0.3 is 6.18 Å². The normalized spacial score (nSPS) is 23.1. The Morgan fingerprint density at radius 2 is 1.79 bits per heavy atom. The van der Waals surface area contributed by atoms with Gasteiger partial charge in [0.2, 0.25) is 0 Å². The Hall–Kier alpha value is -2.10. The third kappa shape index (κ3) is 5.70. The van der Waals surface area contributed by atoms with Crippen molar-refractivity contribution in [3.05, 3.63) is 59.4 Å². The molecule has 0 N–H and O–H groups in total. The van der Waals surface area contributed by atoms with Crippen molar-refractivity contribution >= 4 is 0 Å². The topological polar surface area (TPSA) is 12.5 Å². The molecule has 0 radical (unpaired) electrons. The lowest BCUT2D eigenvalue weighted by Crippen LogP contribution is -2.42. The van der Waals surface area contributed by atoms with Crippen LogP contribution in [0.15, 0.2) is 48.1 Å². The van der Waals surface area contributed by atoms with Crippen molar-refractivity contribution in [2.24, 2.45) is 0 Å². The molecular weight excluding hydrogens is 370 g/mol. The van der Waals surface area contributed by atoms with Gasteiger partial charge in [0.15, 0.2) is 0 Å². The van der Waals surface area contributed by atoms with Crippen LogP contribution in [0.25, 0.3) is 0 Å². The van der Waals surface area contributed by atoms with Gasteiger partial charge in [0.05, 0.1) is 5.57 Å². The summed E-state index contributed by atoms with van der Waals surface area (Å²) in [5.74, 6) is 5.66. The van der Waals surface area contributed by atoms with Gasteiger partial charge in [0.25, 0.3) is 0 Å². The molecule has 0 spiro atoms. The summed E-state index contributed by atoms with van der Waals surface area (Å²) in [6, 6.07) is 5.89. The highest BCUT2D eigenvalue weighted by atomic mass is 19.4. The van der Waals surface area contributed by atoms with E-state index in [9.17, 15) is 17.6 Å². The molecule has 1 aliphatic carbocycles. The van der Waals surface area contributed by atoms with E-state index in [0.29, 0.717) is 18.4 Å². The Balaban J connectivity index is 1.67. The van der Waals surface area contributed by atoms with Crippen molar-refractivity contribution < 1.29 is 22.4 Å². The molecule has 2 nitrogen and oxygen atoms in total. The van der Waals surface area contributed by atoms with Crippen LogP contribution in [0.5, 0.6) is 0 Å². The van der Waals surface area contributed by atoms with Gasteiger partial charge in [-0.15, -0.1) is 0 Å². The van der Waals surface area contributed by atoms with Crippen LogP contribution in [0.3, 0.4) is 0 Å². The van der Waals surface area contributed by atoms with Gasteiger partial charge in [-0.3, -0.25) is 4.84 Å². The molecule has 0 aromatic heterocycles. The third-order valence-corrected chi connectivity index (χ3v) is 4.94. The van der Waals surface area contributed by atoms with Crippen LogP contribution >= 0.6 is 0 Å². The van der Waals surface area contributed by atoms with Gasteiger partial charge in [-0.25, -0.2) is 4.39 Å². The zero-order valence-corrected chi connectivity index (χ0v) is 15.6. The molecule has 1 heterocycles. The second-order valence-electron chi connectivity index (χ2n) is 7.15. The predicted octanol–water partition coefficient (Wildman–Crippen LogP) is 5.56. The van der Waals surface area contributed by atoms with Gasteiger partial charge in [0.1, 0.15) is 11.4 Å². The molecule has 6 heteroatoms. The number of piperidine rings is 1. The zero-order chi connectivity index (χ0) is 20.0. The number of allylic oxidation sites excluding steroid dienone is 2. The van der Waals surface area contributed by atoms with Crippen molar-refractivity contribution in [2.75, 3.05) is 13.1 Å². The summed E-state index contributed by atoms with van der Waals surface area (Å²) in [5, 5.41) is 1.87. The summed E-state index contributed by atoms with van der Waals surface area (Å²) in [7, 11) is 0. The lowest BCUT2D eigenvalue weighted by molar-refractivity contribution is -0.237. The number of halogens is 4. The summed E-state index contributed by atoms with van der Waals surface area (Å²) in [6.45, 7) is 1.57. The van der Waals surface area contributed by atoms with Crippen LogP contribution in [-0.2, 0) is 4.84 Å². The van der Waals surface area contributed by atoms with Gasteiger partial charge in [0, 0.05) is 31.5 Å². The minimum Gasteiger partial charge on any atom is -0.288 e. The Morgan fingerprint density at radius 1 is 1.07 bits per heavy atom. The Labute approximate surface area is 162 Å². The fourth-order valence-electron chi connectivity index (χ4n) is 3.35. The molecule has 1 aliphatic heterocycles. The molecule has 2 aliphatic rings. The van der Waals surface area contributed by atoms with Crippen molar-refractivity contribution in [1.29, 1.82) is 0 Å². The van der Waals surface area contributed by atoms with E-state index >= 15 is 0 Å². The van der Waals surface area contributed by atoms with Crippen LogP contribution in [0.4, 0.5) is 17.6 Å². The number of hydrogen-bond donors (Lipinski definition) is 0. The summed E-state index contributed by atoms with van der Waals surface area (Å²) in [6.07, 6.45) is 3.79. The van der Waals surface area contributed by atoms with Crippen molar-refractivity contribution in [1.82, 2.24) is 5.06 Å². The van der Waals surface area contributed by atoms with Crippen LogP contribution in [0.2, 0.25) is 0 Å². The molecule has 1 fully saturated rings. The standard InChI is InChI=1S/C22H23F4NO/c23-20-9-7-18(8-10-20)6-2-3-13-21(28-27-16-4-1-5-17-27)14-11-19(12-15-21)22(24,25)26/h7-12,14H,1,3-5,13,15-17H2. The van der Waals surface area contributed by atoms with Crippen molar-refractivity contribution in [2.45, 2.75) is 50.3 Å². The maximum absolute atomic E-state index is 13.0. The summed E-state index contributed by atoms with van der Waals surface area (Å²) < 4.78 is 51.8. The highest BCUT2D eigenvalue weighted by molar-refractivity contribution is 5.35. The molecule has 1 atom stereocenters. The second kappa shape index (κ2) is 8.93. The van der Waals surface area contributed by atoms with E-state index in [1.54, 1.807) is 12.1 Å². The molecule has 3 rings (SSSR count). The molecule has 1 aromatic rings. The molecule has 0 bridgehead atoms. The predicted molar refractivity (Wildman–Crippen MR) is 99.6 cm³/mol. The number of hydroxylamine groups is 2. The molecule has 150 valence electrons. The second-order valence-corrected chi connectivity index (χ2v) is 7.15. The average molecular weight is 393 g/mol. The van der Waals surface area contributed by atoms with Crippen LogP contribution in [-0.4, -0.2) is 29.9 Å². The zero-order valence-electron chi connectivity index (χ0n) is 15.6. The van der Waals surface area contributed by atoms with Crippen molar-refractivity contribution in [3.63, 3.8) is 0 Å². The molecule has 28 heavy (non-hydrogen) atoms. The number of rotatable bonds is 4. The highest BCUT2D eigenvalue weighted by Crippen LogP contribution is 2.36. The summed E-state index contributed by atoms with van der Waals surface area (Å²) in [4.78, 5) is 6.17. The molecule has 0 amide bonds. The lowest BCUT2D eigenvalue weighted by Gasteiger charge is -2.38. The number of alkyl halides is 3. The van der Waals surface area contributed by atoms with E-state index in [-0.39, 0.29) is 12.2 Å². The Kier molecular flexibility index (Phi) is 6.58. The van der Waals surface area contributed by atoms with E-state index in [1.165, 1.54) is 24.3 Å².